The van der Waals surface area contributed by atoms with E-state index >= 15 is 0 Å². The Morgan fingerprint density at radius 3 is 2.59 bits per heavy atom. The fourth-order valence-electron chi connectivity index (χ4n) is 2.69. The number of nitrogens with two attached hydrogens (primary N) is 1. The first-order valence-electron chi connectivity index (χ1n) is 7.64. The van der Waals surface area contributed by atoms with Gasteiger partial charge in [-0.25, -0.2) is 4.98 Å². The first-order valence-corrected chi connectivity index (χ1v) is 7.64. The first kappa shape index (κ1) is 14.6. The van der Waals surface area contributed by atoms with Gasteiger partial charge in [0.15, 0.2) is 0 Å². The molecule has 3 aromatic rings. The fraction of sp³-hybridized carbons (Fsp3) is 0.278. The number of hydrogen-bond donors (Lipinski definition) is 1. The molecule has 114 valence electrons. The van der Waals surface area contributed by atoms with Crippen LogP contribution in [0.4, 0.5) is 0 Å². The molecule has 0 unspecified atom stereocenters. The first-order chi connectivity index (χ1) is 10.7. The third-order valence-electron chi connectivity index (χ3n) is 3.66. The molecule has 4 nitrogen and oxygen atoms in total. The van der Waals surface area contributed by atoms with Crippen LogP contribution in [0.2, 0.25) is 0 Å². The van der Waals surface area contributed by atoms with E-state index < -0.39 is 0 Å². The second-order valence-electron chi connectivity index (χ2n) is 5.34. The van der Waals surface area contributed by atoms with E-state index in [-0.39, 0.29) is 0 Å². The highest BCUT2D eigenvalue weighted by Crippen LogP contribution is 2.27. The number of pyridine rings is 1. The van der Waals surface area contributed by atoms with Crippen molar-refractivity contribution in [2.75, 3.05) is 13.2 Å². The van der Waals surface area contributed by atoms with Crippen LogP contribution in [0.1, 0.15) is 18.2 Å². The Labute approximate surface area is 130 Å². The number of nitrogens with zero attached hydrogens (tertiary/aromatic N) is 2. The van der Waals surface area contributed by atoms with Crippen molar-refractivity contribution in [1.29, 1.82) is 0 Å². The summed E-state index contributed by atoms with van der Waals surface area (Å²) in [6.07, 6.45) is 2.89. The number of benzene rings is 1. The van der Waals surface area contributed by atoms with Gasteiger partial charge < -0.3 is 10.5 Å². The molecular weight excluding hydrogens is 274 g/mol. The minimum absolute atomic E-state index is 0.590. The zero-order valence-corrected chi connectivity index (χ0v) is 13.0. The van der Waals surface area contributed by atoms with Crippen molar-refractivity contribution < 1.29 is 4.74 Å². The molecule has 2 heterocycles. The van der Waals surface area contributed by atoms with E-state index in [1.807, 2.05) is 25.1 Å². The maximum Gasteiger partial charge on any atom is 0.137 e. The zero-order valence-electron chi connectivity index (χ0n) is 13.0. The highest BCUT2D eigenvalue weighted by atomic mass is 16.5. The van der Waals surface area contributed by atoms with Crippen LogP contribution in [0.3, 0.4) is 0 Å². The molecule has 0 spiro atoms. The van der Waals surface area contributed by atoms with Crippen LogP contribution in [0.5, 0.6) is 5.75 Å². The Morgan fingerprint density at radius 1 is 1.14 bits per heavy atom. The Bertz CT molecular complexity index is 775. The second-order valence-corrected chi connectivity index (χ2v) is 5.34. The van der Waals surface area contributed by atoms with Gasteiger partial charge in [0.2, 0.25) is 0 Å². The van der Waals surface area contributed by atoms with Crippen molar-refractivity contribution in [3.05, 3.63) is 53.9 Å². The number of aromatic nitrogens is 2. The fourth-order valence-corrected chi connectivity index (χ4v) is 2.69. The highest BCUT2D eigenvalue weighted by molar-refractivity contribution is 5.68. The van der Waals surface area contributed by atoms with Crippen LogP contribution in [0, 0.1) is 6.92 Å². The third kappa shape index (κ3) is 2.70. The number of imidazole rings is 1. The van der Waals surface area contributed by atoms with E-state index in [1.165, 1.54) is 5.56 Å². The van der Waals surface area contributed by atoms with Gasteiger partial charge in [-0.2, -0.15) is 0 Å². The standard InChI is InChI=1S/C18H21N3O/c1-3-22-15-7-5-14(6-8-15)18-16(10-11-19)20-17-9-4-13(2)12-21(17)18/h4-9,12H,3,10-11,19H2,1-2H3. The lowest BCUT2D eigenvalue weighted by Crippen LogP contribution is -2.04. The molecule has 0 aliphatic rings. The predicted octanol–water partition coefficient (Wildman–Crippen LogP) is 3.21. The van der Waals surface area contributed by atoms with Crippen LogP contribution in [0.25, 0.3) is 16.9 Å². The molecular formula is C18H21N3O. The quantitative estimate of drug-likeness (QED) is 0.786. The summed E-state index contributed by atoms with van der Waals surface area (Å²) in [6.45, 7) is 5.34. The van der Waals surface area contributed by atoms with Crippen molar-refractivity contribution >= 4 is 5.65 Å². The molecule has 0 saturated carbocycles. The molecule has 2 aromatic heterocycles. The van der Waals surface area contributed by atoms with Gasteiger partial charge in [0.1, 0.15) is 11.4 Å². The van der Waals surface area contributed by atoms with E-state index in [2.05, 4.69) is 35.7 Å². The van der Waals surface area contributed by atoms with Crippen LogP contribution >= 0.6 is 0 Å². The van der Waals surface area contributed by atoms with Gasteiger partial charge in [-0.15, -0.1) is 0 Å². The molecule has 22 heavy (non-hydrogen) atoms. The van der Waals surface area contributed by atoms with Gasteiger partial charge in [-0.3, -0.25) is 4.40 Å². The molecule has 0 fully saturated rings. The summed E-state index contributed by atoms with van der Waals surface area (Å²) in [5.41, 5.74) is 11.2. The second kappa shape index (κ2) is 6.20. The minimum Gasteiger partial charge on any atom is -0.494 e. The number of fused-ring (bicyclic) bond motifs is 1. The van der Waals surface area contributed by atoms with E-state index in [0.717, 1.165) is 34.8 Å². The highest BCUT2D eigenvalue weighted by Gasteiger charge is 2.13. The van der Waals surface area contributed by atoms with E-state index in [9.17, 15) is 0 Å². The van der Waals surface area contributed by atoms with Gasteiger partial charge in [0.25, 0.3) is 0 Å². The van der Waals surface area contributed by atoms with E-state index in [4.69, 9.17) is 15.5 Å². The zero-order chi connectivity index (χ0) is 15.5. The number of hydrogen-bond acceptors (Lipinski definition) is 3. The lowest BCUT2D eigenvalue weighted by molar-refractivity contribution is 0.340. The maximum absolute atomic E-state index is 5.75. The summed E-state index contributed by atoms with van der Waals surface area (Å²) in [5, 5.41) is 0. The molecule has 0 atom stereocenters. The Morgan fingerprint density at radius 2 is 1.91 bits per heavy atom. The van der Waals surface area contributed by atoms with Crippen molar-refractivity contribution in [1.82, 2.24) is 9.38 Å². The molecule has 0 aliphatic heterocycles. The average molecular weight is 295 g/mol. The summed E-state index contributed by atoms with van der Waals surface area (Å²) < 4.78 is 7.67. The van der Waals surface area contributed by atoms with Crippen molar-refractivity contribution in [2.24, 2.45) is 5.73 Å². The van der Waals surface area contributed by atoms with E-state index in [0.29, 0.717) is 13.2 Å². The molecule has 3 rings (SSSR count). The van der Waals surface area contributed by atoms with Crippen LogP contribution in [-0.4, -0.2) is 22.5 Å². The molecule has 1 aromatic carbocycles. The normalized spacial score (nSPS) is 11.0. The molecule has 0 bridgehead atoms. The SMILES string of the molecule is CCOc1ccc(-c2c(CCN)nc3ccc(C)cn23)cc1. The Hall–Kier alpha value is -2.33. The lowest BCUT2D eigenvalue weighted by atomic mass is 10.1. The molecule has 0 amide bonds. The van der Waals surface area contributed by atoms with Gasteiger partial charge >= 0.3 is 0 Å². The largest absolute Gasteiger partial charge is 0.494 e. The topological polar surface area (TPSA) is 52.5 Å². The average Bonchev–Trinajstić information content (AvgIpc) is 2.86. The Kier molecular flexibility index (Phi) is 4.11. The van der Waals surface area contributed by atoms with Gasteiger partial charge in [-0.1, -0.05) is 6.07 Å². The smallest absolute Gasteiger partial charge is 0.137 e. The van der Waals surface area contributed by atoms with Crippen molar-refractivity contribution in [2.45, 2.75) is 20.3 Å². The minimum atomic E-state index is 0.590. The lowest BCUT2D eigenvalue weighted by Gasteiger charge is -2.08. The van der Waals surface area contributed by atoms with E-state index in [1.54, 1.807) is 0 Å². The summed E-state index contributed by atoms with van der Waals surface area (Å²) >= 11 is 0. The van der Waals surface area contributed by atoms with Crippen LogP contribution in [-0.2, 0) is 6.42 Å². The van der Waals surface area contributed by atoms with Gasteiger partial charge in [-0.05, 0) is 56.3 Å². The predicted molar refractivity (Wildman–Crippen MR) is 89.3 cm³/mol. The van der Waals surface area contributed by atoms with Gasteiger partial charge in [0, 0.05) is 18.2 Å². The van der Waals surface area contributed by atoms with Gasteiger partial charge in [0.05, 0.1) is 18.0 Å². The summed E-state index contributed by atoms with van der Waals surface area (Å²) in [6, 6.07) is 12.3. The van der Waals surface area contributed by atoms with Crippen molar-refractivity contribution in [3.63, 3.8) is 0 Å². The number of rotatable bonds is 5. The molecule has 2 N–H and O–H groups in total. The van der Waals surface area contributed by atoms with Crippen molar-refractivity contribution in [3.8, 4) is 17.0 Å². The Balaban J connectivity index is 2.14. The molecule has 0 radical (unpaired) electrons. The molecule has 0 aliphatic carbocycles. The third-order valence-corrected chi connectivity index (χ3v) is 3.66. The summed E-state index contributed by atoms with van der Waals surface area (Å²) in [4.78, 5) is 4.73. The number of ether oxygens (including phenoxy) is 1. The van der Waals surface area contributed by atoms with Crippen LogP contribution < -0.4 is 10.5 Å². The summed E-state index contributed by atoms with van der Waals surface area (Å²) in [5.74, 6) is 0.886. The van der Waals surface area contributed by atoms with Crippen LogP contribution in [0.15, 0.2) is 42.6 Å². The molecule has 4 heteroatoms. The maximum atomic E-state index is 5.75. The summed E-state index contributed by atoms with van der Waals surface area (Å²) in [7, 11) is 0. The number of aryl methyl sites for hydroxylation is 1. The monoisotopic (exact) mass is 295 g/mol. The molecule has 0 saturated heterocycles.